The first-order chi connectivity index (χ1) is 14.6. The summed E-state index contributed by atoms with van der Waals surface area (Å²) in [4.78, 5) is 18.8. The second-order valence-electron chi connectivity index (χ2n) is 8.60. The van der Waals surface area contributed by atoms with Gasteiger partial charge in [-0.2, -0.15) is 0 Å². The summed E-state index contributed by atoms with van der Waals surface area (Å²) >= 11 is 0. The lowest BCUT2D eigenvalue weighted by Gasteiger charge is -2.36. The second kappa shape index (κ2) is 7.40. The quantitative estimate of drug-likeness (QED) is 0.694. The van der Waals surface area contributed by atoms with E-state index in [9.17, 15) is 9.90 Å². The van der Waals surface area contributed by atoms with Crippen molar-refractivity contribution in [3.8, 4) is 16.9 Å². The summed E-state index contributed by atoms with van der Waals surface area (Å²) in [5.74, 6) is 0.480. The van der Waals surface area contributed by atoms with Crippen molar-refractivity contribution in [2.24, 2.45) is 0 Å². The minimum absolute atomic E-state index is 0.00919. The van der Waals surface area contributed by atoms with Crippen LogP contribution in [0.15, 0.2) is 53.3 Å². The van der Waals surface area contributed by atoms with Crippen molar-refractivity contribution < 1.29 is 5.11 Å². The maximum absolute atomic E-state index is 13.9. The summed E-state index contributed by atoms with van der Waals surface area (Å²) in [6, 6.07) is 16.4. The van der Waals surface area contributed by atoms with E-state index in [1.807, 2.05) is 37.3 Å². The number of nitrogens with zero attached hydrogens (tertiary/aromatic N) is 2. The highest BCUT2D eigenvalue weighted by molar-refractivity contribution is 5.73. The molecule has 0 unspecified atom stereocenters. The predicted octanol–water partition coefficient (Wildman–Crippen LogP) is 3.98. The first-order valence-corrected chi connectivity index (χ1v) is 10.8. The molecule has 1 heterocycles. The van der Waals surface area contributed by atoms with Gasteiger partial charge in [0.05, 0.1) is 18.0 Å². The molecule has 5 heteroatoms. The molecule has 1 saturated carbocycles. The number of aliphatic hydroxyl groups is 1. The van der Waals surface area contributed by atoms with E-state index < -0.39 is 0 Å². The van der Waals surface area contributed by atoms with E-state index in [0.29, 0.717) is 12.5 Å². The highest BCUT2D eigenvalue weighted by Gasteiger charge is 2.42. The Morgan fingerprint density at radius 3 is 2.57 bits per heavy atom. The lowest BCUT2D eigenvalue weighted by atomic mass is 9.68. The van der Waals surface area contributed by atoms with Crippen LogP contribution in [0.2, 0.25) is 0 Å². The summed E-state index contributed by atoms with van der Waals surface area (Å²) < 4.78 is 1.67. The van der Waals surface area contributed by atoms with Crippen LogP contribution in [0, 0.1) is 6.92 Å². The first-order valence-electron chi connectivity index (χ1n) is 10.8. The number of rotatable bonds is 4. The van der Waals surface area contributed by atoms with Crippen LogP contribution >= 0.6 is 0 Å². The zero-order valence-electron chi connectivity index (χ0n) is 17.3. The topological polar surface area (TPSA) is 67.2 Å². The van der Waals surface area contributed by atoms with Gasteiger partial charge in [-0.25, -0.2) is 9.55 Å². The van der Waals surface area contributed by atoms with Crippen LogP contribution in [-0.2, 0) is 11.8 Å². The van der Waals surface area contributed by atoms with Crippen molar-refractivity contribution in [1.29, 1.82) is 0 Å². The minimum Gasteiger partial charge on any atom is -0.395 e. The smallest absolute Gasteiger partial charge is 0.263 e. The van der Waals surface area contributed by atoms with E-state index in [0.717, 1.165) is 47.3 Å². The van der Waals surface area contributed by atoms with Gasteiger partial charge in [0, 0.05) is 23.1 Å². The van der Waals surface area contributed by atoms with Gasteiger partial charge in [0.25, 0.3) is 5.56 Å². The fraction of sp³-hybridized carbons (Fsp3) is 0.360. The summed E-state index contributed by atoms with van der Waals surface area (Å²) in [6.07, 6.45) is 5.41. The Labute approximate surface area is 176 Å². The third kappa shape index (κ3) is 2.96. The highest BCUT2D eigenvalue weighted by Crippen LogP contribution is 2.50. The lowest BCUT2D eigenvalue weighted by Crippen LogP contribution is -2.37. The molecular formula is C25H27N3O2. The maximum atomic E-state index is 13.9. The van der Waals surface area contributed by atoms with E-state index in [4.69, 9.17) is 4.98 Å². The first kappa shape index (κ1) is 19.1. The van der Waals surface area contributed by atoms with Crippen molar-refractivity contribution in [3.05, 3.63) is 75.6 Å². The Hall–Kier alpha value is -2.92. The van der Waals surface area contributed by atoms with Crippen molar-refractivity contribution in [1.82, 2.24) is 9.55 Å². The van der Waals surface area contributed by atoms with Crippen LogP contribution in [0.4, 0.5) is 5.95 Å². The van der Waals surface area contributed by atoms with Gasteiger partial charge in [-0.05, 0) is 43.9 Å². The third-order valence-electron chi connectivity index (χ3n) is 6.69. The molecule has 0 bridgehead atoms. The Bertz CT molecular complexity index is 1140. The summed E-state index contributed by atoms with van der Waals surface area (Å²) in [7, 11) is 0. The Balaban J connectivity index is 1.76. The van der Waals surface area contributed by atoms with E-state index in [1.54, 1.807) is 4.57 Å². The van der Waals surface area contributed by atoms with Gasteiger partial charge < -0.3 is 10.4 Å². The molecule has 2 aliphatic carbocycles. The Morgan fingerprint density at radius 1 is 1.10 bits per heavy atom. The molecular weight excluding hydrogens is 374 g/mol. The van der Waals surface area contributed by atoms with Crippen LogP contribution in [0.5, 0.6) is 0 Å². The van der Waals surface area contributed by atoms with Crippen LogP contribution < -0.4 is 10.9 Å². The van der Waals surface area contributed by atoms with Crippen molar-refractivity contribution >= 4 is 5.95 Å². The van der Waals surface area contributed by atoms with Gasteiger partial charge in [-0.3, -0.25) is 4.79 Å². The average molecular weight is 402 g/mol. The number of aliphatic hydroxyl groups excluding tert-OH is 1. The molecule has 1 aromatic heterocycles. The number of nitrogens with one attached hydrogen (secondary N) is 1. The molecule has 2 aromatic carbocycles. The average Bonchev–Trinajstić information content (AvgIpc) is 3.23. The van der Waals surface area contributed by atoms with Crippen LogP contribution in [-0.4, -0.2) is 27.8 Å². The normalized spacial score (nSPS) is 16.3. The molecule has 0 aliphatic heterocycles. The maximum Gasteiger partial charge on any atom is 0.263 e. The van der Waals surface area contributed by atoms with Crippen LogP contribution in [0.1, 0.15) is 42.4 Å². The van der Waals surface area contributed by atoms with Crippen molar-refractivity contribution in [2.75, 3.05) is 18.5 Å². The van der Waals surface area contributed by atoms with Crippen molar-refractivity contribution in [3.63, 3.8) is 0 Å². The molecule has 2 N–H and O–H groups in total. The standard InChI is InChI=1S/C25H27N3O2/c1-17-8-10-18(11-9-17)28-23(30)20-16-25(12-4-5-13-25)21-7-3-2-6-19(21)22(20)27-24(28)26-14-15-29/h2-3,6-11,29H,4-5,12-16H2,1H3,(H,26,27). The monoisotopic (exact) mass is 401 g/mol. The van der Waals surface area contributed by atoms with E-state index in [1.165, 1.54) is 18.4 Å². The molecule has 1 fully saturated rings. The van der Waals surface area contributed by atoms with E-state index in [-0.39, 0.29) is 17.6 Å². The van der Waals surface area contributed by atoms with Gasteiger partial charge in [0.15, 0.2) is 0 Å². The number of fused-ring (bicyclic) bond motifs is 4. The molecule has 5 nitrogen and oxygen atoms in total. The molecule has 1 spiro atoms. The van der Waals surface area contributed by atoms with Gasteiger partial charge in [0.1, 0.15) is 0 Å². The molecule has 0 atom stereocenters. The Kier molecular flexibility index (Phi) is 4.70. The van der Waals surface area contributed by atoms with Gasteiger partial charge >= 0.3 is 0 Å². The molecule has 0 saturated heterocycles. The minimum atomic E-state index is -0.0272. The van der Waals surface area contributed by atoms with E-state index in [2.05, 4.69) is 23.5 Å². The SMILES string of the molecule is Cc1ccc(-n2c(NCCO)nc3c(c2=O)CC2(CCCC2)c2ccccc2-3)cc1. The van der Waals surface area contributed by atoms with Crippen LogP contribution in [0.3, 0.4) is 0 Å². The zero-order valence-corrected chi connectivity index (χ0v) is 17.3. The van der Waals surface area contributed by atoms with Gasteiger partial charge in [0.2, 0.25) is 5.95 Å². The number of hydrogen-bond acceptors (Lipinski definition) is 4. The fourth-order valence-corrected chi connectivity index (χ4v) is 5.24. The number of anilines is 1. The number of hydrogen-bond donors (Lipinski definition) is 2. The number of aryl methyl sites for hydroxylation is 1. The second-order valence-corrected chi connectivity index (χ2v) is 8.60. The zero-order chi connectivity index (χ0) is 20.7. The Morgan fingerprint density at radius 2 is 1.83 bits per heavy atom. The molecule has 0 amide bonds. The predicted molar refractivity (Wildman–Crippen MR) is 119 cm³/mol. The van der Waals surface area contributed by atoms with Crippen LogP contribution in [0.25, 0.3) is 16.9 Å². The summed E-state index contributed by atoms with van der Waals surface area (Å²) in [5.41, 5.74) is 5.99. The third-order valence-corrected chi connectivity index (χ3v) is 6.69. The molecule has 154 valence electrons. The van der Waals surface area contributed by atoms with Crippen molar-refractivity contribution in [2.45, 2.75) is 44.4 Å². The largest absolute Gasteiger partial charge is 0.395 e. The van der Waals surface area contributed by atoms with Gasteiger partial charge in [-0.15, -0.1) is 0 Å². The fourth-order valence-electron chi connectivity index (χ4n) is 5.24. The summed E-state index contributed by atoms with van der Waals surface area (Å²) in [5, 5.41) is 12.5. The summed E-state index contributed by atoms with van der Waals surface area (Å²) in [6.45, 7) is 2.34. The highest BCUT2D eigenvalue weighted by atomic mass is 16.3. The molecule has 0 radical (unpaired) electrons. The lowest BCUT2D eigenvalue weighted by molar-refractivity contribution is 0.310. The molecule has 3 aromatic rings. The van der Waals surface area contributed by atoms with E-state index >= 15 is 0 Å². The number of benzene rings is 2. The number of aromatic nitrogens is 2. The molecule has 5 rings (SSSR count). The van der Waals surface area contributed by atoms with Gasteiger partial charge in [-0.1, -0.05) is 54.8 Å². The molecule has 2 aliphatic rings. The molecule has 30 heavy (non-hydrogen) atoms.